The average molecular weight is 548 g/mol. The Bertz CT molecular complexity index is 1440. The molecule has 3 aromatic rings. The number of carbonyl (C=O) groups excluding carboxylic acids is 1. The number of nitrogens with one attached hydrogen (secondary N) is 1. The van der Waals surface area contributed by atoms with Gasteiger partial charge in [-0.15, -0.1) is 0 Å². The number of carboxylic acids is 1. The van der Waals surface area contributed by atoms with Gasteiger partial charge in [-0.2, -0.15) is 9.61 Å². The molecule has 2 aliphatic heterocycles. The number of allylic oxidation sites excluding steroid dienone is 1. The molecule has 2 aliphatic rings. The van der Waals surface area contributed by atoms with Crippen LogP contribution >= 0.6 is 0 Å². The van der Waals surface area contributed by atoms with Crippen LogP contribution in [0.25, 0.3) is 5.65 Å². The third-order valence-corrected chi connectivity index (χ3v) is 7.20. The number of hydrogen-bond acceptors (Lipinski definition) is 7. The summed E-state index contributed by atoms with van der Waals surface area (Å²) in [5.41, 5.74) is 1.83. The number of amides is 1. The summed E-state index contributed by atoms with van der Waals surface area (Å²) in [7, 11) is 0. The number of carbonyl (C=O) groups is 2. The summed E-state index contributed by atoms with van der Waals surface area (Å²) in [4.78, 5) is 32.7. The van der Waals surface area contributed by atoms with E-state index in [2.05, 4.69) is 21.4 Å². The van der Waals surface area contributed by atoms with Crippen LogP contribution in [0.4, 0.5) is 5.82 Å². The van der Waals surface area contributed by atoms with Gasteiger partial charge >= 0.3 is 5.97 Å². The van der Waals surface area contributed by atoms with Crippen LogP contribution in [0.15, 0.2) is 42.5 Å². The Morgan fingerprint density at radius 3 is 2.83 bits per heavy atom. The fourth-order valence-corrected chi connectivity index (χ4v) is 5.42. The van der Waals surface area contributed by atoms with Crippen molar-refractivity contribution in [3.8, 4) is 5.75 Å². The summed E-state index contributed by atoms with van der Waals surface area (Å²) in [5, 5.41) is 17.9. The number of anilines is 1. The van der Waals surface area contributed by atoms with Crippen molar-refractivity contribution >= 4 is 23.3 Å². The monoisotopic (exact) mass is 547 g/mol. The lowest BCUT2D eigenvalue weighted by molar-refractivity contribution is -0.160. The number of para-hydroxylation sites is 1. The van der Waals surface area contributed by atoms with Gasteiger partial charge in [-0.05, 0) is 58.9 Å². The number of ether oxygens (including phenoxy) is 2. The summed E-state index contributed by atoms with van der Waals surface area (Å²) < 4.78 is 13.7. The highest BCUT2D eigenvalue weighted by molar-refractivity contribution is 5.93. The number of hydrogen-bond donors (Lipinski definition) is 2. The molecular weight excluding hydrogens is 510 g/mol. The highest BCUT2D eigenvalue weighted by Crippen LogP contribution is 2.37. The molecule has 1 aromatic carbocycles. The van der Waals surface area contributed by atoms with Gasteiger partial charge in [0.1, 0.15) is 18.2 Å². The molecule has 4 bridgehead atoms. The first-order valence-corrected chi connectivity index (χ1v) is 13.8. The van der Waals surface area contributed by atoms with E-state index in [9.17, 15) is 14.7 Å². The summed E-state index contributed by atoms with van der Waals surface area (Å²) in [6.45, 7) is 9.43. The van der Waals surface area contributed by atoms with E-state index < -0.39 is 17.7 Å². The normalized spacial score (nSPS) is 19.9. The third-order valence-electron chi connectivity index (χ3n) is 7.20. The predicted molar refractivity (Wildman–Crippen MR) is 151 cm³/mol. The zero-order valence-electron chi connectivity index (χ0n) is 23.5. The lowest BCUT2D eigenvalue weighted by Gasteiger charge is -2.37. The molecule has 2 N–H and O–H groups in total. The van der Waals surface area contributed by atoms with Crippen molar-refractivity contribution in [1.29, 1.82) is 0 Å². The molecule has 1 saturated heterocycles. The van der Waals surface area contributed by atoms with Gasteiger partial charge in [0, 0.05) is 37.0 Å². The van der Waals surface area contributed by atoms with Gasteiger partial charge in [0.15, 0.2) is 17.4 Å². The van der Waals surface area contributed by atoms with Gasteiger partial charge in [-0.25, -0.2) is 9.78 Å². The number of fused-ring (bicyclic) bond motifs is 5. The SMILES string of the molecule is Cc1nc2cc3nn2c(c1[C@H](OC(C)(C)C)C(=O)O)N1CCCC(C/C=C/COc2ccccc2CNC3=O)C1. The fourth-order valence-electron chi connectivity index (χ4n) is 5.42. The minimum absolute atomic E-state index is 0.201. The van der Waals surface area contributed by atoms with Crippen LogP contribution in [0, 0.1) is 12.8 Å². The Hall–Kier alpha value is -3.92. The topological polar surface area (TPSA) is 118 Å². The van der Waals surface area contributed by atoms with E-state index in [0.29, 0.717) is 41.8 Å². The highest BCUT2D eigenvalue weighted by atomic mass is 16.5. The molecular formula is C30H37N5O5. The van der Waals surface area contributed by atoms with Gasteiger partial charge in [-0.1, -0.05) is 30.4 Å². The van der Waals surface area contributed by atoms with E-state index >= 15 is 0 Å². The molecule has 0 radical (unpaired) electrons. The quantitative estimate of drug-likeness (QED) is 0.462. The zero-order chi connectivity index (χ0) is 28.4. The number of aliphatic carboxylic acids is 1. The maximum absolute atomic E-state index is 13.3. The summed E-state index contributed by atoms with van der Waals surface area (Å²) in [6, 6.07) is 9.28. The molecule has 2 aromatic heterocycles. The minimum Gasteiger partial charge on any atom is -0.489 e. The van der Waals surface area contributed by atoms with Crippen molar-refractivity contribution in [3.63, 3.8) is 0 Å². The smallest absolute Gasteiger partial charge is 0.337 e. The van der Waals surface area contributed by atoms with Gasteiger partial charge in [0.2, 0.25) is 0 Å². The number of piperidine rings is 1. The van der Waals surface area contributed by atoms with Crippen molar-refractivity contribution in [2.45, 2.75) is 65.2 Å². The largest absolute Gasteiger partial charge is 0.489 e. The second-order valence-electron chi connectivity index (χ2n) is 11.4. The maximum Gasteiger partial charge on any atom is 0.337 e. The second kappa shape index (κ2) is 11.3. The van der Waals surface area contributed by atoms with E-state index in [1.165, 1.54) is 0 Å². The van der Waals surface area contributed by atoms with E-state index in [0.717, 1.165) is 37.1 Å². The molecule has 4 heterocycles. The summed E-state index contributed by atoms with van der Waals surface area (Å²) in [6.07, 6.45) is 5.80. The molecule has 1 amide bonds. The molecule has 10 nitrogen and oxygen atoms in total. The number of benzene rings is 1. The van der Waals surface area contributed by atoms with Crippen LogP contribution < -0.4 is 15.0 Å². The van der Waals surface area contributed by atoms with Gasteiger partial charge in [0.05, 0.1) is 11.2 Å². The van der Waals surface area contributed by atoms with Crippen LogP contribution in [0.2, 0.25) is 0 Å². The summed E-state index contributed by atoms with van der Waals surface area (Å²) >= 11 is 0. The van der Waals surface area contributed by atoms with Gasteiger partial charge in [-0.3, -0.25) is 4.79 Å². The van der Waals surface area contributed by atoms with Gasteiger partial charge in [0.25, 0.3) is 5.91 Å². The first-order chi connectivity index (χ1) is 19.1. The molecule has 1 fully saturated rings. The van der Waals surface area contributed by atoms with Crippen LogP contribution in [0.5, 0.6) is 5.75 Å². The number of rotatable bonds is 3. The van der Waals surface area contributed by atoms with Crippen LogP contribution in [0.1, 0.15) is 73.4 Å². The van der Waals surface area contributed by atoms with E-state index in [1.54, 1.807) is 17.5 Å². The lowest BCUT2D eigenvalue weighted by Crippen LogP contribution is -2.39. The van der Waals surface area contributed by atoms with E-state index in [4.69, 9.17) is 14.5 Å². The van der Waals surface area contributed by atoms with Crippen molar-refractivity contribution < 1.29 is 24.2 Å². The highest BCUT2D eigenvalue weighted by Gasteiger charge is 2.35. The number of aryl methyl sites for hydroxylation is 1. The molecule has 0 aliphatic carbocycles. The van der Waals surface area contributed by atoms with Crippen molar-refractivity contribution in [1.82, 2.24) is 19.9 Å². The summed E-state index contributed by atoms with van der Waals surface area (Å²) in [5.74, 6) is 0.240. The molecule has 0 saturated carbocycles. The molecule has 1 unspecified atom stereocenters. The van der Waals surface area contributed by atoms with Crippen molar-refractivity contribution in [2.24, 2.45) is 5.92 Å². The Morgan fingerprint density at radius 2 is 2.05 bits per heavy atom. The van der Waals surface area contributed by atoms with Crippen LogP contribution in [-0.4, -0.2) is 56.9 Å². The van der Waals surface area contributed by atoms with E-state index in [-0.39, 0.29) is 18.1 Å². The van der Waals surface area contributed by atoms with Crippen molar-refractivity contribution in [2.75, 3.05) is 24.6 Å². The standard InChI is InChI=1S/C30H37N5O5/c1-19-25(26(29(37)38)40-30(2,3)4)28-34-14-9-11-20(18-34)10-7-8-15-39-23-13-6-5-12-21(23)17-31-27(36)22-16-24(32-19)35(28)33-22/h5-8,12-13,16,20,26H,9-11,14-15,17-18H2,1-4H3,(H,31,36)(H,37,38)/b8-7+/t20?,26-/m0/s1. The number of carboxylic acid groups (broad SMARTS) is 1. The van der Waals surface area contributed by atoms with Gasteiger partial charge < -0.3 is 24.8 Å². The maximum atomic E-state index is 13.3. The Balaban J connectivity index is 1.65. The first kappa shape index (κ1) is 27.6. The molecule has 212 valence electrons. The van der Waals surface area contributed by atoms with Crippen molar-refractivity contribution in [3.05, 3.63) is 65.0 Å². The Labute approximate surface area is 234 Å². The third kappa shape index (κ3) is 5.96. The van der Waals surface area contributed by atoms with Crippen LogP contribution in [0.3, 0.4) is 0 Å². The first-order valence-electron chi connectivity index (χ1n) is 13.8. The number of nitrogens with zero attached hydrogens (tertiary/aromatic N) is 4. The lowest BCUT2D eigenvalue weighted by atomic mass is 9.94. The van der Waals surface area contributed by atoms with Crippen LogP contribution in [-0.2, 0) is 16.1 Å². The average Bonchev–Trinajstić information content (AvgIpc) is 3.33. The second-order valence-corrected chi connectivity index (χ2v) is 11.4. The van der Waals surface area contributed by atoms with E-state index in [1.807, 2.05) is 51.1 Å². The molecule has 40 heavy (non-hydrogen) atoms. The Morgan fingerprint density at radius 1 is 1.25 bits per heavy atom. The Kier molecular flexibility index (Phi) is 7.80. The fraction of sp³-hybridized carbons (Fsp3) is 0.467. The predicted octanol–water partition coefficient (Wildman–Crippen LogP) is 4.46. The minimum atomic E-state index is -1.25. The molecule has 10 heteroatoms. The molecule has 5 rings (SSSR count). The number of aromatic nitrogens is 3. The molecule has 0 spiro atoms. The molecule has 2 atom stereocenters. The zero-order valence-corrected chi connectivity index (χ0v) is 23.5.